The van der Waals surface area contributed by atoms with Crippen LogP contribution in [0.2, 0.25) is 0 Å². The zero-order valence-corrected chi connectivity index (χ0v) is 18.9. The summed E-state index contributed by atoms with van der Waals surface area (Å²) < 4.78 is 29.2. The molecule has 0 amide bonds. The molecule has 0 aromatic heterocycles. The third-order valence-corrected chi connectivity index (χ3v) is 5.82. The van der Waals surface area contributed by atoms with Crippen molar-refractivity contribution in [1.82, 2.24) is 4.90 Å². The number of nitrogens with two attached hydrogens (primary N) is 1. The van der Waals surface area contributed by atoms with Crippen molar-refractivity contribution in [3.63, 3.8) is 0 Å². The number of carbonyl (C=O) groups excluding carboxylic acids is 1. The molecule has 0 unspecified atom stereocenters. The van der Waals surface area contributed by atoms with Crippen LogP contribution in [-0.4, -0.2) is 54.2 Å². The number of hydrogen-bond donors (Lipinski definition) is 1. The van der Waals surface area contributed by atoms with Gasteiger partial charge in [-0.25, -0.2) is 13.4 Å². The number of halogens is 2. The van der Waals surface area contributed by atoms with Crippen LogP contribution < -0.4 is 5.73 Å². The highest BCUT2D eigenvalue weighted by atomic mass is 19.1. The lowest BCUT2D eigenvalue weighted by Gasteiger charge is -2.24. The topological polar surface area (TPSA) is 49.3 Å². The number of likely N-dealkylation sites (N-methyl/N-ethyl adjacent to an activating group) is 1. The minimum Gasteiger partial charge on any atom is -0.365 e. The van der Waals surface area contributed by atoms with Gasteiger partial charge < -0.3 is 10.6 Å². The SMILES string of the molecule is CCc1cccc(C2=C(N(CC)CCN)C=[N+](CCc3cc(F)cc(F)c3)CCC2=O)c1. The van der Waals surface area contributed by atoms with Gasteiger partial charge in [0.15, 0.2) is 12.0 Å². The second kappa shape index (κ2) is 11.1. The van der Waals surface area contributed by atoms with Gasteiger partial charge >= 0.3 is 0 Å². The lowest BCUT2D eigenvalue weighted by molar-refractivity contribution is -0.521. The second-order valence-corrected chi connectivity index (χ2v) is 8.05. The van der Waals surface area contributed by atoms with Crippen molar-refractivity contribution in [2.75, 3.05) is 32.7 Å². The third kappa shape index (κ3) is 5.88. The fourth-order valence-electron chi connectivity index (χ4n) is 4.12. The molecule has 0 atom stereocenters. The van der Waals surface area contributed by atoms with E-state index >= 15 is 0 Å². The molecule has 0 saturated carbocycles. The number of benzene rings is 2. The van der Waals surface area contributed by atoms with Crippen LogP contribution in [-0.2, 0) is 17.6 Å². The average Bonchev–Trinajstić information content (AvgIpc) is 2.94. The normalized spacial score (nSPS) is 14.4. The summed E-state index contributed by atoms with van der Waals surface area (Å²) in [6.45, 7) is 7.08. The summed E-state index contributed by atoms with van der Waals surface area (Å²) in [5.74, 6) is -1.05. The standard InChI is InChI=1S/C26H32F2N3O/c1-3-19-6-5-7-21(14-19)26-24(31(4-2)13-10-29)18-30(12-9-25(26)32)11-8-20-15-22(27)17-23(28)16-20/h5-7,14-18H,3-4,8-13,29H2,1-2H3/q+1. The molecule has 0 fully saturated rings. The molecule has 2 aromatic rings. The molecule has 0 bridgehead atoms. The van der Waals surface area contributed by atoms with E-state index in [1.54, 1.807) is 0 Å². The number of Topliss-reactive ketones (excluding diaryl/α,β-unsaturated/α-hetero) is 1. The van der Waals surface area contributed by atoms with Crippen molar-refractivity contribution < 1.29 is 18.2 Å². The molecule has 2 aromatic carbocycles. The Labute approximate surface area is 189 Å². The van der Waals surface area contributed by atoms with E-state index in [0.717, 1.165) is 35.9 Å². The van der Waals surface area contributed by atoms with Crippen LogP contribution in [0.1, 0.15) is 37.0 Å². The summed E-state index contributed by atoms with van der Waals surface area (Å²) in [5, 5.41) is 0. The monoisotopic (exact) mass is 440 g/mol. The number of aryl methyl sites for hydroxylation is 1. The van der Waals surface area contributed by atoms with Crippen molar-refractivity contribution in [2.45, 2.75) is 33.1 Å². The first-order chi connectivity index (χ1) is 15.4. The van der Waals surface area contributed by atoms with Crippen molar-refractivity contribution in [3.8, 4) is 0 Å². The highest BCUT2D eigenvalue weighted by Gasteiger charge is 2.27. The highest BCUT2D eigenvalue weighted by molar-refractivity contribution is 6.25. The van der Waals surface area contributed by atoms with E-state index < -0.39 is 11.6 Å². The number of carbonyl (C=O) groups is 1. The Morgan fingerprint density at radius 3 is 2.47 bits per heavy atom. The van der Waals surface area contributed by atoms with E-state index in [4.69, 9.17) is 5.73 Å². The maximum atomic E-state index is 13.6. The van der Waals surface area contributed by atoms with Gasteiger partial charge in [-0.3, -0.25) is 4.79 Å². The van der Waals surface area contributed by atoms with Crippen LogP contribution in [0.4, 0.5) is 8.78 Å². The minimum absolute atomic E-state index is 0.0966. The Hall–Kier alpha value is -2.86. The Balaban J connectivity index is 2.01. The summed E-state index contributed by atoms with van der Waals surface area (Å²) in [5.41, 5.74) is 10.1. The Morgan fingerprint density at radius 2 is 1.81 bits per heavy atom. The number of allylic oxidation sites excluding steroid dienone is 2. The highest BCUT2D eigenvalue weighted by Crippen LogP contribution is 2.26. The molecule has 32 heavy (non-hydrogen) atoms. The van der Waals surface area contributed by atoms with E-state index in [2.05, 4.69) is 28.5 Å². The fraction of sp³-hybridized carbons (Fsp3) is 0.385. The number of ketones is 1. The predicted octanol–water partition coefficient (Wildman–Crippen LogP) is 3.82. The first kappa shape index (κ1) is 23.8. The quantitative estimate of drug-likeness (QED) is 0.603. The average molecular weight is 441 g/mol. The smallest absolute Gasteiger partial charge is 0.187 e. The Bertz CT molecular complexity index is 1010. The molecule has 1 aliphatic heterocycles. The summed E-state index contributed by atoms with van der Waals surface area (Å²) in [4.78, 5) is 15.4. The van der Waals surface area contributed by atoms with Crippen molar-refractivity contribution in [2.24, 2.45) is 5.73 Å². The zero-order chi connectivity index (χ0) is 23.1. The van der Waals surface area contributed by atoms with Crippen LogP contribution in [0.5, 0.6) is 0 Å². The zero-order valence-electron chi connectivity index (χ0n) is 18.9. The lowest BCUT2D eigenvalue weighted by atomic mass is 9.95. The van der Waals surface area contributed by atoms with Gasteiger partial charge in [0, 0.05) is 32.1 Å². The Kier molecular flexibility index (Phi) is 8.28. The molecule has 0 spiro atoms. The number of hydrogen-bond acceptors (Lipinski definition) is 3. The third-order valence-electron chi connectivity index (χ3n) is 5.82. The van der Waals surface area contributed by atoms with Gasteiger partial charge in [0.2, 0.25) is 0 Å². The van der Waals surface area contributed by atoms with Gasteiger partial charge in [-0.1, -0.05) is 31.2 Å². The fourth-order valence-corrected chi connectivity index (χ4v) is 4.12. The molecule has 0 aliphatic carbocycles. The summed E-state index contributed by atoms with van der Waals surface area (Å²) >= 11 is 0. The van der Waals surface area contributed by atoms with E-state index in [1.165, 1.54) is 17.7 Å². The first-order valence-corrected chi connectivity index (χ1v) is 11.3. The molecule has 0 saturated heterocycles. The molecule has 0 radical (unpaired) electrons. The molecule has 1 heterocycles. The van der Waals surface area contributed by atoms with Gasteiger partial charge in [-0.05, 0) is 42.2 Å². The molecule has 4 nitrogen and oxygen atoms in total. The van der Waals surface area contributed by atoms with Crippen molar-refractivity contribution in [1.29, 1.82) is 0 Å². The molecule has 170 valence electrons. The van der Waals surface area contributed by atoms with Crippen LogP contribution in [0.25, 0.3) is 5.57 Å². The maximum absolute atomic E-state index is 13.6. The molecule has 2 N–H and O–H groups in total. The molecular formula is C26H32F2N3O+. The van der Waals surface area contributed by atoms with Gasteiger partial charge in [0.25, 0.3) is 0 Å². The minimum atomic E-state index is -0.575. The van der Waals surface area contributed by atoms with Crippen molar-refractivity contribution in [3.05, 3.63) is 76.5 Å². The summed E-state index contributed by atoms with van der Waals surface area (Å²) in [7, 11) is 0. The molecule has 3 rings (SSSR count). The Morgan fingerprint density at radius 1 is 1.06 bits per heavy atom. The van der Waals surface area contributed by atoms with Gasteiger partial charge in [0.05, 0.1) is 12.0 Å². The van der Waals surface area contributed by atoms with Crippen LogP contribution in [0.3, 0.4) is 0 Å². The molecule has 1 aliphatic rings. The predicted molar refractivity (Wildman–Crippen MR) is 125 cm³/mol. The van der Waals surface area contributed by atoms with Gasteiger partial charge in [-0.15, -0.1) is 0 Å². The maximum Gasteiger partial charge on any atom is 0.187 e. The first-order valence-electron chi connectivity index (χ1n) is 11.3. The largest absolute Gasteiger partial charge is 0.365 e. The molecule has 6 heteroatoms. The van der Waals surface area contributed by atoms with Crippen molar-refractivity contribution >= 4 is 17.6 Å². The number of nitrogens with zero attached hydrogens (tertiary/aromatic N) is 2. The van der Waals surface area contributed by atoms with Crippen LogP contribution in [0.15, 0.2) is 48.2 Å². The summed E-state index contributed by atoms with van der Waals surface area (Å²) in [6.07, 6.45) is 3.78. The van der Waals surface area contributed by atoms with E-state index in [-0.39, 0.29) is 5.78 Å². The van der Waals surface area contributed by atoms with Gasteiger partial charge in [0.1, 0.15) is 30.4 Å². The van der Waals surface area contributed by atoms with Gasteiger partial charge in [-0.2, -0.15) is 0 Å². The second-order valence-electron chi connectivity index (χ2n) is 8.05. The van der Waals surface area contributed by atoms with E-state index in [9.17, 15) is 13.6 Å². The van der Waals surface area contributed by atoms with Crippen LogP contribution in [0, 0.1) is 11.6 Å². The molecular weight excluding hydrogens is 408 g/mol. The van der Waals surface area contributed by atoms with Crippen LogP contribution >= 0.6 is 0 Å². The van der Waals surface area contributed by atoms with E-state index in [1.807, 2.05) is 25.3 Å². The lowest BCUT2D eigenvalue weighted by Crippen LogP contribution is -2.32. The van der Waals surface area contributed by atoms with E-state index in [0.29, 0.717) is 44.6 Å². The summed E-state index contributed by atoms with van der Waals surface area (Å²) in [6, 6.07) is 11.7. The number of rotatable bonds is 9.